The van der Waals surface area contributed by atoms with Crippen molar-refractivity contribution in [3.8, 4) is 22.5 Å². The summed E-state index contributed by atoms with van der Waals surface area (Å²) in [5.41, 5.74) is 2.41. The number of fused-ring (bicyclic) bond motifs is 2. The lowest BCUT2D eigenvalue weighted by Gasteiger charge is -2.07. The van der Waals surface area contributed by atoms with Gasteiger partial charge in [-0.25, -0.2) is 13.2 Å². The molecule has 5 rings (SSSR count). The monoisotopic (exact) mass is 366 g/mol. The van der Waals surface area contributed by atoms with Crippen molar-refractivity contribution >= 4 is 16.9 Å². The van der Waals surface area contributed by atoms with Crippen molar-refractivity contribution in [2.45, 2.75) is 0 Å². The molecule has 0 unspecified atom stereocenters. The number of rotatable bonds is 2. The summed E-state index contributed by atoms with van der Waals surface area (Å²) in [5, 5.41) is 0. The molecule has 3 aromatic heterocycles. The Morgan fingerprint density at radius 2 is 1.63 bits per heavy atom. The Morgan fingerprint density at radius 3 is 2.48 bits per heavy atom. The highest BCUT2D eigenvalue weighted by Gasteiger charge is 2.22. The second kappa shape index (κ2) is 5.66. The topological polar surface area (TPSA) is 56.2 Å². The van der Waals surface area contributed by atoms with Gasteiger partial charge in [0.05, 0.1) is 16.7 Å². The zero-order valence-electron chi connectivity index (χ0n) is 13.5. The summed E-state index contributed by atoms with van der Waals surface area (Å²) in [6, 6.07) is 6.59. The van der Waals surface area contributed by atoms with Gasteiger partial charge >= 0.3 is 5.84 Å². The van der Waals surface area contributed by atoms with Crippen LogP contribution in [0.2, 0.25) is 0 Å². The second-order valence-corrected chi connectivity index (χ2v) is 5.87. The summed E-state index contributed by atoms with van der Waals surface area (Å²) >= 11 is 0. The molecule has 132 valence electrons. The highest BCUT2D eigenvalue weighted by Crippen LogP contribution is 2.35. The van der Waals surface area contributed by atoms with Gasteiger partial charge in [0.1, 0.15) is 17.8 Å². The summed E-state index contributed by atoms with van der Waals surface area (Å²) in [4.78, 5) is 12.7. The van der Waals surface area contributed by atoms with Gasteiger partial charge in [0.2, 0.25) is 0 Å². The average Bonchev–Trinajstić information content (AvgIpc) is 3.25. The van der Waals surface area contributed by atoms with Crippen LogP contribution < -0.4 is 0 Å². The van der Waals surface area contributed by atoms with E-state index < -0.39 is 17.5 Å². The molecule has 0 aliphatic carbocycles. The molecule has 0 spiro atoms. The lowest BCUT2D eigenvalue weighted by atomic mass is 10.0. The standard InChI is InChI=1S/C19H9F3N4O/c20-12-9-14(22)13(21)8-11(12)17-18(26-5-6-27-19(26)25-17)10-1-2-15-16(7-10)24-4-3-23-15/h1-9H. The van der Waals surface area contributed by atoms with Crippen molar-refractivity contribution in [3.05, 3.63) is 72.6 Å². The number of hydrogen-bond acceptors (Lipinski definition) is 4. The lowest BCUT2D eigenvalue weighted by molar-refractivity contribution is 0.496. The quantitative estimate of drug-likeness (QED) is 0.428. The average molecular weight is 366 g/mol. The van der Waals surface area contributed by atoms with Crippen molar-refractivity contribution in [1.29, 1.82) is 0 Å². The van der Waals surface area contributed by atoms with Gasteiger partial charge in [-0.3, -0.25) is 14.4 Å². The molecule has 0 amide bonds. The maximum atomic E-state index is 14.4. The molecule has 5 aromatic rings. The van der Waals surface area contributed by atoms with Gasteiger partial charge in [0.15, 0.2) is 11.6 Å². The Kier molecular flexibility index (Phi) is 3.27. The van der Waals surface area contributed by atoms with Crippen LogP contribution in [0.3, 0.4) is 0 Å². The van der Waals surface area contributed by atoms with Crippen molar-refractivity contribution in [2.75, 3.05) is 0 Å². The summed E-state index contributed by atoms with van der Waals surface area (Å²) in [5.74, 6) is -3.15. The van der Waals surface area contributed by atoms with Crippen molar-refractivity contribution < 1.29 is 17.6 Å². The first-order chi connectivity index (χ1) is 13.1. The number of halogens is 3. The Morgan fingerprint density at radius 1 is 0.852 bits per heavy atom. The molecule has 0 fully saturated rings. The van der Waals surface area contributed by atoms with Crippen LogP contribution in [-0.2, 0) is 0 Å². The smallest absolute Gasteiger partial charge is 0.306 e. The number of hydrogen-bond donors (Lipinski definition) is 0. The predicted octanol–water partition coefficient (Wildman–Crippen LogP) is 4.62. The van der Waals surface area contributed by atoms with Gasteiger partial charge < -0.3 is 4.42 Å². The van der Waals surface area contributed by atoms with Crippen molar-refractivity contribution in [3.63, 3.8) is 0 Å². The predicted molar refractivity (Wildman–Crippen MR) is 91.3 cm³/mol. The summed E-state index contributed by atoms with van der Waals surface area (Å²) in [6.07, 6.45) is 6.18. The van der Waals surface area contributed by atoms with E-state index in [4.69, 9.17) is 4.42 Å². The molecule has 8 heteroatoms. The van der Waals surface area contributed by atoms with E-state index in [0.29, 0.717) is 28.4 Å². The van der Waals surface area contributed by atoms with E-state index >= 15 is 0 Å². The third kappa shape index (κ3) is 2.37. The largest absolute Gasteiger partial charge is 0.432 e. The van der Waals surface area contributed by atoms with Crippen LogP contribution in [0.25, 0.3) is 39.4 Å². The second-order valence-electron chi connectivity index (χ2n) is 5.87. The summed E-state index contributed by atoms with van der Waals surface area (Å²) in [6.45, 7) is 0. The maximum absolute atomic E-state index is 14.4. The molecule has 0 radical (unpaired) electrons. The van der Waals surface area contributed by atoms with Crippen LogP contribution in [0.15, 0.2) is 59.6 Å². The molecule has 0 saturated carbocycles. The molecular weight excluding hydrogens is 357 g/mol. The molecule has 0 aliphatic rings. The number of benzene rings is 2. The molecule has 0 N–H and O–H groups in total. The molecule has 0 aliphatic heterocycles. The van der Waals surface area contributed by atoms with E-state index in [1.54, 1.807) is 41.2 Å². The Hall–Kier alpha value is -3.68. The maximum Gasteiger partial charge on any atom is 0.306 e. The summed E-state index contributed by atoms with van der Waals surface area (Å²) < 4.78 is 48.4. The Bertz CT molecular complexity index is 1330. The first-order valence-electron chi connectivity index (χ1n) is 7.93. The fourth-order valence-electron chi connectivity index (χ4n) is 3.06. The highest BCUT2D eigenvalue weighted by atomic mass is 19.2. The number of aromatic nitrogens is 4. The van der Waals surface area contributed by atoms with E-state index in [-0.39, 0.29) is 17.1 Å². The van der Waals surface area contributed by atoms with Gasteiger partial charge in [-0.05, 0) is 18.2 Å². The first kappa shape index (κ1) is 15.6. The first-order valence-corrected chi connectivity index (χ1v) is 7.93. The Labute approximate surface area is 149 Å². The van der Waals surface area contributed by atoms with Crippen LogP contribution in [0.4, 0.5) is 13.2 Å². The third-order valence-electron chi connectivity index (χ3n) is 4.27. The van der Waals surface area contributed by atoms with E-state index in [9.17, 15) is 13.2 Å². The van der Waals surface area contributed by atoms with Gasteiger partial charge in [-0.1, -0.05) is 6.07 Å². The van der Waals surface area contributed by atoms with E-state index in [2.05, 4.69) is 15.0 Å². The van der Waals surface area contributed by atoms with E-state index in [1.165, 1.54) is 6.26 Å². The zero-order valence-corrected chi connectivity index (χ0v) is 13.5. The number of oxazole rings is 1. The molecule has 3 heterocycles. The minimum Gasteiger partial charge on any atom is -0.432 e. The molecule has 2 aromatic carbocycles. The van der Waals surface area contributed by atoms with Gasteiger partial charge in [-0.2, -0.15) is 4.98 Å². The number of imidazole rings is 1. The summed E-state index contributed by atoms with van der Waals surface area (Å²) in [7, 11) is 0. The van der Waals surface area contributed by atoms with Crippen molar-refractivity contribution in [2.24, 2.45) is 0 Å². The molecule has 0 saturated heterocycles. The van der Waals surface area contributed by atoms with Crippen LogP contribution >= 0.6 is 0 Å². The highest BCUT2D eigenvalue weighted by molar-refractivity contribution is 5.86. The van der Waals surface area contributed by atoms with Crippen LogP contribution in [0.1, 0.15) is 0 Å². The van der Waals surface area contributed by atoms with Gasteiger partial charge in [0, 0.05) is 35.8 Å². The fourth-order valence-corrected chi connectivity index (χ4v) is 3.06. The number of nitrogens with zero attached hydrogens (tertiary/aromatic N) is 4. The Balaban J connectivity index is 1.82. The normalized spacial score (nSPS) is 11.5. The third-order valence-corrected chi connectivity index (χ3v) is 4.27. The van der Waals surface area contributed by atoms with Gasteiger partial charge in [0.25, 0.3) is 0 Å². The minimum atomic E-state index is -1.26. The van der Waals surface area contributed by atoms with Crippen LogP contribution in [0, 0.1) is 17.5 Å². The fraction of sp³-hybridized carbons (Fsp3) is 0. The molecule has 0 bridgehead atoms. The van der Waals surface area contributed by atoms with Crippen LogP contribution in [-0.4, -0.2) is 19.4 Å². The van der Waals surface area contributed by atoms with E-state index in [0.717, 1.165) is 6.07 Å². The molecular formula is C19H9F3N4O. The molecule has 5 nitrogen and oxygen atoms in total. The van der Waals surface area contributed by atoms with E-state index in [1.807, 2.05) is 0 Å². The lowest BCUT2D eigenvalue weighted by Crippen LogP contribution is -1.94. The molecule has 0 atom stereocenters. The van der Waals surface area contributed by atoms with Crippen molar-refractivity contribution in [1.82, 2.24) is 19.4 Å². The van der Waals surface area contributed by atoms with Gasteiger partial charge in [-0.15, -0.1) is 0 Å². The molecule has 27 heavy (non-hydrogen) atoms. The minimum absolute atomic E-state index is 0.133. The van der Waals surface area contributed by atoms with Crippen LogP contribution in [0.5, 0.6) is 0 Å². The zero-order chi connectivity index (χ0) is 18.5. The SMILES string of the molecule is Fc1cc(F)c(-c2nc3occn3c2-c2ccc3nccnc3c2)cc1F.